The number of halogens is 9. The van der Waals surface area contributed by atoms with Crippen LogP contribution in [0.5, 0.6) is 5.75 Å². The fourth-order valence-corrected chi connectivity index (χ4v) is 5.93. The van der Waals surface area contributed by atoms with Gasteiger partial charge in [-0.2, -0.15) is 10.2 Å². The number of ether oxygens (including phenoxy) is 1. The first kappa shape index (κ1) is 37.6. The molecule has 0 saturated heterocycles. The fraction of sp³-hybridized carbons (Fsp3) is 0.152. The summed E-state index contributed by atoms with van der Waals surface area (Å²) in [6, 6.07) is 5.69. The number of hydrogen-bond acceptors (Lipinski definition) is 5. The van der Waals surface area contributed by atoms with Crippen LogP contribution in [0, 0.1) is 29.1 Å². The minimum atomic E-state index is -1.15. The van der Waals surface area contributed by atoms with Crippen molar-refractivity contribution in [3.63, 3.8) is 0 Å². The Morgan fingerprint density at radius 1 is 0.627 bits per heavy atom. The van der Waals surface area contributed by atoms with Crippen LogP contribution >= 0.6 is 46.4 Å². The lowest BCUT2D eigenvalue weighted by Crippen LogP contribution is -2.24. The van der Waals surface area contributed by atoms with E-state index < -0.39 is 45.8 Å². The smallest absolute Gasteiger partial charge is 0.269 e. The number of nitrogens with zero attached hydrogens (tertiary/aromatic N) is 6. The summed E-state index contributed by atoms with van der Waals surface area (Å²) in [5.74, 6) is -5.12. The molecular formula is C33H23Cl4F5N6O3. The third-order valence-electron chi connectivity index (χ3n) is 7.41. The van der Waals surface area contributed by atoms with Gasteiger partial charge in [0.25, 0.3) is 11.1 Å². The standard InChI is InChI=1S/C17H13Cl2F2N3O2.C16H10Cl2F3N3O/c1-3-23-16(15-12(20)4-10(26-2)5-13(15)21)14(6-11(19)17(23)25)24-8-9(18)7-22-24;1-2-23-15(14-11(20)3-9(19)4-12(14)21)13(5-10(18)16(23)25)24-7-8(17)6-22-24/h4-8H,3H2,1-2H3;3-7H,2H2,1H3. The quantitative estimate of drug-likeness (QED) is 0.151. The maximum atomic E-state index is 14.7. The van der Waals surface area contributed by atoms with Gasteiger partial charge in [-0.3, -0.25) is 9.59 Å². The minimum Gasteiger partial charge on any atom is -0.497 e. The monoisotopic (exact) mass is 786 g/mol. The molecule has 0 aliphatic carbocycles. The van der Waals surface area contributed by atoms with E-state index in [1.54, 1.807) is 13.8 Å². The maximum absolute atomic E-state index is 14.7. The van der Waals surface area contributed by atoms with Gasteiger partial charge >= 0.3 is 0 Å². The molecule has 0 saturated carbocycles. The first-order chi connectivity index (χ1) is 24.2. The van der Waals surface area contributed by atoms with Crippen LogP contribution in [0.2, 0.25) is 20.1 Å². The lowest BCUT2D eigenvalue weighted by Gasteiger charge is -2.18. The molecule has 0 atom stereocenters. The van der Waals surface area contributed by atoms with Crippen molar-refractivity contribution in [3.8, 4) is 39.6 Å². The summed E-state index contributed by atoms with van der Waals surface area (Å²) in [6.07, 6.45) is 5.51. The van der Waals surface area contributed by atoms with E-state index in [0.29, 0.717) is 17.2 Å². The van der Waals surface area contributed by atoms with Gasteiger partial charge in [0, 0.05) is 49.7 Å². The van der Waals surface area contributed by atoms with Crippen LogP contribution in [-0.4, -0.2) is 35.8 Å². The van der Waals surface area contributed by atoms with Crippen LogP contribution in [0.3, 0.4) is 0 Å². The predicted molar refractivity (Wildman–Crippen MR) is 184 cm³/mol. The summed E-state index contributed by atoms with van der Waals surface area (Å²) in [4.78, 5) is 24.8. The summed E-state index contributed by atoms with van der Waals surface area (Å²) >= 11 is 23.8. The lowest BCUT2D eigenvalue weighted by molar-refractivity contribution is 0.407. The Balaban J connectivity index is 0.000000198. The second-order valence-corrected chi connectivity index (χ2v) is 12.2. The molecule has 4 aromatic heterocycles. The first-order valence-electron chi connectivity index (χ1n) is 14.7. The topological polar surface area (TPSA) is 88.9 Å². The van der Waals surface area contributed by atoms with Gasteiger partial charge in [-0.25, -0.2) is 31.3 Å². The summed E-state index contributed by atoms with van der Waals surface area (Å²) in [5.41, 5.74) is -1.92. The van der Waals surface area contributed by atoms with Crippen molar-refractivity contribution < 1.29 is 26.7 Å². The van der Waals surface area contributed by atoms with Crippen molar-refractivity contribution in [3.05, 3.63) is 131 Å². The van der Waals surface area contributed by atoms with Crippen LogP contribution in [-0.2, 0) is 13.1 Å². The zero-order valence-corrected chi connectivity index (χ0v) is 29.5. The van der Waals surface area contributed by atoms with Gasteiger partial charge in [0.05, 0.1) is 63.4 Å². The van der Waals surface area contributed by atoms with E-state index in [0.717, 1.165) is 16.7 Å². The molecule has 266 valence electrons. The number of rotatable bonds is 7. The second kappa shape index (κ2) is 15.3. The SMILES string of the molecule is CCn1c(-c2c(F)cc(F)cc2F)c(-n2cc(Cl)cn2)cc(Cl)c1=O.CCn1c(-c2c(F)cc(OC)cc2F)c(-n2cc(Cl)cn2)cc(Cl)c1=O. The van der Waals surface area contributed by atoms with Crippen molar-refractivity contribution in [2.45, 2.75) is 26.9 Å². The first-order valence-corrected chi connectivity index (χ1v) is 16.2. The van der Waals surface area contributed by atoms with Gasteiger partial charge < -0.3 is 13.9 Å². The number of benzene rings is 2. The van der Waals surface area contributed by atoms with Gasteiger partial charge in [0.1, 0.15) is 44.9 Å². The molecule has 6 aromatic rings. The molecule has 0 aliphatic heterocycles. The highest BCUT2D eigenvalue weighted by Gasteiger charge is 2.25. The Hall–Kier alpha value is -4.63. The molecular weight excluding hydrogens is 765 g/mol. The van der Waals surface area contributed by atoms with Crippen molar-refractivity contribution in [2.75, 3.05) is 7.11 Å². The van der Waals surface area contributed by atoms with E-state index in [-0.39, 0.29) is 62.2 Å². The highest BCUT2D eigenvalue weighted by molar-refractivity contribution is 6.31. The lowest BCUT2D eigenvalue weighted by atomic mass is 10.1. The summed E-state index contributed by atoms with van der Waals surface area (Å²) in [7, 11) is 1.30. The molecule has 18 heteroatoms. The van der Waals surface area contributed by atoms with Crippen molar-refractivity contribution in [1.82, 2.24) is 28.7 Å². The average molecular weight is 788 g/mol. The third kappa shape index (κ3) is 7.40. The highest BCUT2D eigenvalue weighted by atomic mass is 35.5. The Morgan fingerprint density at radius 2 is 1.00 bits per heavy atom. The van der Waals surface area contributed by atoms with E-state index in [4.69, 9.17) is 51.1 Å². The minimum absolute atomic E-state index is 0.000630. The highest BCUT2D eigenvalue weighted by Crippen LogP contribution is 2.35. The van der Waals surface area contributed by atoms with Crippen LogP contribution in [0.15, 0.2) is 70.8 Å². The van der Waals surface area contributed by atoms with Crippen LogP contribution in [0.1, 0.15) is 13.8 Å². The second-order valence-electron chi connectivity index (χ2n) is 10.5. The van der Waals surface area contributed by atoms with Crippen LogP contribution in [0.25, 0.3) is 33.9 Å². The summed E-state index contributed by atoms with van der Waals surface area (Å²) in [6.45, 7) is 3.50. The summed E-state index contributed by atoms with van der Waals surface area (Å²) in [5, 5.41) is 8.37. The van der Waals surface area contributed by atoms with Crippen molar-refractivity contribution in [1.29, 1.82) is 0 Å². The molecule has 51 heavy (non-hydrogen) atoms. The van der Waals surface area contributed by atoms with Gasteiger partial charge in [0.15, 0.2) is 0 Å². The van der Waals surface area contributed by atoms with E-state index in [2.05, 4.69) is 10.2 Å². The average Bonchev–Trinajstić information content (AvgIpc) is 3.71. The molecule has 0 bridgehead atoms. The molecule has 4 heterocycles. The normalized spacial score (nSPS) is 11.1. The van der Waals surface area contributed by atoms with Crippen molar-refractivity contribution in [2.24, 2.45) is 0 Å². The fourth-order valence-electron chi connectivity index (χ4n) is 5.24. The Morgan fingerprint density at radius 3 is 1.31 bits per heavy atom. The molecule has 0 aliphatic rings. The van der Waals surface area contributed by atoms with Crippen molar-refractivity contribution >= 4 is 46.4 Å². The zero-order valence-electron chi connectivity index (χ0n) is 26.5. The Labute approximate surface area is 305 Å². The zero-order chi connectivity index (χ0) is 37.3. The van der Waals surface area contributed by atoms with Gasteiger partial charge in [-0.15, -0.1) is 0 Å². The van der Waals surface area contributed by atoms with Gasteiger partial charge in [-0.1, -0.05) is 46.4 Å². The van der Waals surface area contributed by atoms with E-state index in [1.165, 1.54) is 58.0 Å². The molecule has 0 fully saturated rings. The van der Waals surface area contributed by atoms with Crippen LogP contribution < -0.4 is 15.9 Å². The largest absolute Gasteiger partial charge is 0.497 e. The maximum Gasteiger partial charge on any atom is 0.269 e. The van der Waals surface area contributed by atoms with Gasteiger partial charge in [0.2, 0.25) is 0 Å². The molecule has 9 nitrogen and oxygen atoms in total. The molecule has 0 unspecified atom stereocenters. The van der Waals surface area contributed by atoms with E-state index in [1.807, 2.05) is 0 Å². The van der Waals surface area contributed by atoms with E-state index in [9.17, 15) is 31.5 Å². The third-order valence-corrected chi connectivity index (χ3v) is 8.34. The predicted octanol–water partition coefficient (Wildman–Crippen LogP) is 8.76. The molecule has 0 N–H and O–H groups in total. The molecule has 0 radical (unpaired) electrons. The molecule has 6 rings (SSSR count). The molecule has 2 aromatic carbocycles. The molecule has 0 spiro atoms. The number of aromatic nitrogens is 6. The number of pyridine rings is 2. The summed E-state index contributed by atoms with van der Waals surface area (Å²) < 4.78 is 81.1. The Kier molecular flexibility index (Phi) is 11.3. The number of hydrogen-bond donors (Lipinski definition) is 0. The van der Waals surface area contributed by atoms with Gasteiger partial charge in [-0.05, 0) is 26.0 Å². The van der Waals surface area contributed by atoms with Crippen LogP contribution in [0.4, 0.5) is 22.0 Å². The van der Waals surface area contributed by atoms with E-state index >= 15 is 0 Å². The Bertz CT molecular complexity index is 2360. The number of methoxy groups -OCH3 is 1. The molecule has 0 amide bonds.